The topological polar surface area (TPSA) is 41.1 Å². The summed E-state index contributed by atoms with van der Waals surface area (Å²) < 4.78 is 0. The molecular formula is C15H28N2O. The molecule has 0 bridgehead atoms. The van der Waals surface area contributed by atoms with E-state index in [1.54, 1.807) is 0 Å². The van der Waals surface area contributed by atoms with E-state index >= 15 is 0 Å². The number of hydrogen-bond acceptors (Lipinski definition) is 1. The zero-order chi connectivity index (χ0) is 13.0. The van der Waals surface area contributed by atoms with Crippen LogP contribution < -0.4 is 10.6 Å². The molecule has 0 aromatic heterocycles. The number of nitrogens with one attached hydrogen (secondary N) is 2. The maximum atomic E-state index is 11.9. The van der Waals surface area contributed by atoms with E-state index in [1.165, 1.54) is 25.7 Å². The van der Waals surface area contributed by atoms with Crippen molar-refractivity contribution in [2.45, 2.75) is 77.3 Å². The first kappa shape index (κ1) is 13.7. The fourth-order valence-corrected chi connectivity index (χ4v) is 3.22. The summed E-state index contributed by atoms with van der Waals surface area (Å²) in [6.45, 7) is 4.61. The Bertz CT molecular complexity index is 238. The second-order valence-electron chi connectivity index (χ2n) is 6.53. The summed E-state index contributed by atoms with van der Waals surface area (Å²) in [6.07, 6.45) is 9.62. The molecule has 2 aliphatic carbocycles. The first-order chi connectivity index (χ1) is 8.63. The van der Waals surface area contributed by atoms with Crippen molar-refractivity contribution in [1.29, 1.82) is 0 Å². The second-order valence-corrected chi connectivity index (χ2v) is 6.53. The molecule has 0 atom stereocenters. The Morgan fingerprint density at radius 1 is 0.722 bits per heavy atom. The van der Waals surface area contributed by atoms with E-state index in [0.29, 0.717) is 12.1 Å². The van der Waals surface area contributed by atoms with Crippen LogP contribution >= 0.6 is 0 Å². The number of rotatable bonds is 2. The minimum atomic E-state index is 0.0640. The molecular weight excluding hydrogens is 224 g/mol. The maximum Gasteiger partial charge on any atom is 0.315 e. The molecule has 2 fully saturated rings. The van der Waals surface area contributed by atoms with E-state index < -0.39 is 0 Å². The van der Waals surface area contributed by atoms with Crippen molar-refractivity contribution in [3.8, 4) is 0 Å². The highest BCUT2D eigenvalue weighted by Gasteiger charge is 2.22. The predicted molar refractivity (Wildman–Crippen MR) is 74.5 cm³/mol. The van der Waals surface area contributed by atoms with E-state index in [2.05, 4.69) is 24.5 Å². The van der Waals surface area contributed by atoms with E-state index in [0.717, 1.165) is 37.5 Å². The van der Waals surface area contributed by atoms with Crippen LogP contribution in [0.2, 0.25) is 0 Å². The highest BCUT2D eigenvalue weighted by molar-refractivity contribution is 5.74. The third-order valence-electron chi connectivity index (χ3n) is 4.70. The lowest BCUT2D eigenvalue weighted by molar-refractivity contribution is 0.217. The zero-order valence-electron chi connectivity index (χ0n) is 11.9. The molecule has 0 unspecified atom stereocenters. The number of hydrogen-bond donors (Lipinski definition) is 2. The summed E-state index contributed by atoms with van der Waals surface area (Å²) in [5.41, 5.74) is 0. The first-order valence-corrected chi connectivity index (χ1v) is 7.70. The SMILES string of the molecule is CC1CCC(NC(=O)NC2CCC(C)CC2)CC1. The van der Waals surface area contributed by atoms with Crippen LogP contribution in [-0.2, 0) is 0 Å². The van der Waals surface area contributed by atoms with Crippen molar-refractivity contribution >= 4 is 6.03 Å². The molecule has 2 N–H and O–H groups in total. The molecule has 2 aliphatic rings. The summed E-state index contributed by atoms with van der Waals surface area (Å²) >= 11 is 0. The minimum absolute atomic E-state index is 0.0640. The Kier molecular flexibility index (Phi) is 4.90. The van der Waals surface area contributed by atoms with Crippen molar-refractivity contribution < 1.29 is 4.79 Å². The van der Waals surface area contributed by atoms with Gasteiger partial charge >= 0.3 is 6.03 Å². The maximum absolute atomic E-state index is 11.9. The van der Waals surface area contributed by atoms with Crippen molar-refractivity contribution in [1.82, 2.24) is 10.6 Å². The Balaban J connectivity index is 1.66. The average molecular weight is 252 g/mol. The summed E-state index contributed by atoms with van der Waals surface area (Å²) in [7, 11) is 0. The van der Waals surface area contributed by atoms with Crippen LogP contribution in [0.15, 0.2) is 0 Å². The molecule has 0 saturated heterocycles. The molecule has 0 heterocycles. The van der Waals surface area contributed by atoms with Crippen molar-refractivity contribution in [3.05, 3.63) is 0 Å². The Morgan fingerprint density at radius 2 is 1.06 bits per heavy atom. The van der Waals surface area contributed by atoms with Gasteiger partial charge < -0.3 is 10.6 Å². The molecule has 104 valence electrons. The normalized spacial score (nSPS) is 37.0. The number of carbonyl (C=O) groups excluding carboxylic acids is 1. The number of urea groups is 1. The van der Waals surface area contributed by atoms with E-state index in [4.69, 9.17) is 0 Å². The van der Waals surface area contributed by atoms with Gasteiger partial charge in [0.25, 0.3) is 0 Å². The lowest BCUT2D eigenvalue weighted by atomic mass is 9.87. The van der Waals surface area contributed by atoms with Gasteiger partial charge in [0.15, 0.2) is 0 Å². The molecule has 0 spiro atoms. The zero-order valence-corrected chi connectivity index (χ0v) is 11.9. The van der Waals surface area contributed by atoms with Gasteiger partial charge in [0, 0.05) is 12.1 Å². The van der Waals surface area contributed by atoms with E-state index in [1.807, 2.05) is 0 Å². The van der Waals surface area contributed by atoms with Gasteiger partial charge in [0.1, 0.15) is 0 Å². The highest BCUT2D eigenvalue weighted by atomic mass is 16.2. The second kappa shape index (κ2) is 6.44. The number of amides is 2. The standard InChI is InChI=1S/C15H28N2O/c1-11-3-7-13(8-4-11)16-15(18)17-14-9-5-12(2)6-10-14/h11-14H,3-10H2,1-2H3,(H2,16,17,18). The van der Waals surface area contributed by atoms with Crippen LogP contribution in [-0.4, -0.2) is 18.1 Å². The first-order valence-electron chi connectivity index (χ1n) is 7.70. The van der Waals surface area contributed by atoms with Gasteiger partial charge in [0.05, 0.1) is 0 Å². The summed E-state index contributed by atoms with van der Waals surface area (Å²) in [4.78, 5) is 11.9. The Morgan fingerprint density at radius 3 is 1.39 bits per heavy atom. The Hall–Kier alpha value is -0.730. The molecule has 2 rings (SSSR count). The van der Waals surface area contributed by atoms with Crippen molar-refractivity contribution in [2.24, 2.45) is 11.8 Å². The fourth-order valence-electron chi connectivity index (χ4n) is 3.22. The number of carbonyl (C=O) groups is 1. The van der Waals surface area contributed by atoms with Gasteiger partial charge in [0.2, 0.25) is 0 Å². The molecule has 3 nitrogen and oxygen atoms in total. The van der Waals surface area contributed by atoms with Gasteiger partial charge in [-0.05, 0) is 63.2 Å². The smallest absolute Gasteiger partial charge is 0.315 e. The van der Waals surface area contributed by atoms with Crippen LogP contribution in [0.1, 0.15) is 65.2 Å². The minimum Gasteiger partial charge on any atom is -0.335 e. The molecule has 0 aromatic rings. The molecule has 0 radical (unpaired) electrons. The van der Waals surface area contributed by atoms with Crippen LogP contribution in [0.4, 0.5) is 4.79 Å². The van der Waals surface area contributed by atoms with Crippen molar-refractivity contribution in [3.63, 3.8) is 0 Å². The molecule has 0 aliphatic heterocycles. The lowest BCUT2D eigenvalue weighted by Crippen LogP contribution is -2.47. The van der Waals surface area contributed by atoms with Gasteiger partial charge in [-0.2, -0.15) is 0 Å². The average Bonchev–Trinajstić information content (AvgIpc) is 2.35. The van der Waals surface area contributed by atoms with Crippen LogP contribution in [0.5, 0.6) is 0 Å². The molecule has 3 heteroatoms. The van der Waals surface area contributed by atoms with E-state index in [-0.39, 0.29) is 6.03 Å². The summed E-state index contributed by atoms with van der Waals surface area (Å²) in [5.74, 6) is 1.68. The molecule has 18 heavy (non-hydrogen) atoms. The largest absolute Gasteiger partial charge is 0.335 e. The quantitative estimate of drug-likeness (QED) is 0.776. The third kappa shape index (κ3) is 4.18. The monoisotopic (exact) mass is 252 g/mol. The lowest BCUT2D eigenvalue weighted by Gasteiger charge is -2.30. The van der Waals surface area contributed by atoms with E-state index in [9.17, 15) is 4.79 Å². The summed E-state index contributed by atoms with van der Waals surface area (Å²) in [5, 5.41) is 6.30. The van der Waals surface area contributed by atoms with Gasteiger partial charge in [-0.3, -0.25) is 0 Å². The highest BCUT2D eigenvalue weighted by Crippen LogP contribution is 2.24. The Labute approximate surface area is 111 Å². The van der Waals surface area contributed by atoms with Gasteiger partial charge in [-0.15, -0.1) is 0 Å². The fraction of sp³-hybridized carbons (Fsp3) is 0.933. The van der Waals surface area contributed by atoms with Crippen molar-refractivity contribution in [2.75, 3.05) is 0 Å². The van der Waals surface area contributed by atoms with Crippen LogP contribution in [0.3, 0.4) is 0 Å². The molecule has 2 saturated carbocycles. The third-order valence-corrected chi connectivity index (χ3v) is 4.70. The van der Waals surface area contributed by atoms with Crippen LogP contribution in [0.25, 0.3) is 0 Å². The van der Waals surface area contributed by atoms with Gasteiger partial charge in [-0.25, -0.2) is 4.79 Å². The predicted octanol–water partition coefficient (Wildman–Crippen LogP) is 3.44. The molecule has 0 aromatic carbocycles. The van der Waals surface area contributed by atoms with Gasteiger partial charge in [-0.1, -0.05) is 13.8 Å². The summed E-state index contributed by atoms with van der Waals surface area (Å²) in [6, 6.07) is 0.876. The molecule has 2 amide bonds. The van der Waals surface area contributed by atoms with Crippen LogP contribution in [0, 0.1) is 11.8 Å².